The molecule has 0 spiro atoms. The van der Waals surface area contributed by atoms with Gasteiger partial charge in [-0.1, -0.05) is 0 Å². The van der Waals surface area contributed by atoms with Crippen molar-refractivity contribution in [3.05, 3.63) is 25.6 Å². The normalized spacial score (nSPS) is 10.8. The van der Waals surface area contributed by atoms with E-state index in [0.717, 1.165) is 10.2 Å². The van der Waals surface area contributed by atoms with E-state index in [-0.39, 0.29) is 0 Å². The Morgan fingerprint density at radius 1 is 1.50 bits per heavy atom. The van der Waals surface area contributed by atoms with Gasteiger partial charge in [0.25, 0.3) is 0 Å². The van der Waals surface area contributed by atoms with Crippen molar-refractivity contribution in [2.24, 2.45) is 0 Å². The zero-order chi connectivity index (χ0) is 8.72. The number of rotatable bonds is 0. The Morgan fingerprint density at radius 3 is 3.00 bits per heavy atom. The maximum Gasteiger partial charge on any atom is 0.0545 e. The predicted octanol–water partition coefficient (Wildman–Crippen LogP) is 3.85. The highest BCUT2D eigenvalue weighted by atomic mass is 127. The Bertz CT molecular complexity index is 438. The van der Waals surface area contributed by atoms with E-state index in [9.17, 15) is 0 Å². The molecule has 2 aromatic rings. The summed E-state index contributed by atoms with van der Waals surface area (Å²) in [5, 5.41) is 3.36. The van der Waals surface area contributed by atoms with Gasteiger partial charge in [-0.05, 0) is 56.0 Å². The Balaban J connectivity index is 2.94. The van der Waals surface area contributed by atoms with Gasteiger partial charge in [0.2, 0.25) is 0 Å². The number of fused-ring (bicyclic) bond motifs is 1. The number of nitrogen functional groups attached to an aromatic ring is 1. The third-order valence-corrected chi connectivity index (χ3v) is 5.24. The van der Waals surface area contributed by atoms with Crippen LogP contribution in [0.15, 0.2) is 22.0 Å². The highest BCUT2D eigenvalue weighted by molar-refractivity contribution is 14.1. The molecule has 0 aliphatic heterocycles. The summed E-state index contributed by atoms with van der Waals surface area (Å²) in [6.45, 7) is 0. The van der Waals surface area contributed by atoms with Crippen LogP contribution in [0.1, 0.15) is 0 Å². The van der Waals surface area contributed by atoms with Gasteiger partial charge in [-0.2, -0.15) is 0 Å². The van der Waals surface area contributed by atoms with Crippen molar-refractivity contribution in [3.8, 4) is 0 Å². The number of halogens is 2. The fourth-order valence-electron chi connectivity index (χ4n) is 1.06. The van der Waals surface area contributed by atoms with Gasteiger partial charge in [-0.25, -0.2) is 0 Å². The first-order chi connectivity index (χ1) is 5.70. The number of benzene rings is 1. The monoisotopic (exact) mass is 353 g/mol. The number of hydrogen-bond acceptors (Lipinski definition) is 2. The van der Waals surface area contributed by atoms with E-state index in [2.05, 4.69) is 50.0 Å². The minimum absolute atomic E-state index is 0.814. The molecule has 0 saturated carbocycles. The quantitative estimate of drug-likeness (QED) is 0.565. The molecule has 0 fully saturated rings. The second kappa shape index (κ2) is 3.16. The van der Waals surface area contributed by atoms with E-state index >= 15 is 0 Å². The lowest BCUT2D eigenvalue weighted by Crippen LogP contribution is -1.88. The standard InChI is InChI=1S/C8H5BrINS/c9-7-5(11)3-6-4(8(7)10)1-2-12-6/h1-3H,11H2. The first-order valence-electron chi connectivity index (χ1n) is 3.31. The summed E-state index contributed by atoms with van der Waals surface area (Å²) < 4.78 is 3.46. The SMILES string of the molecule is Nc1cc2sccc2c(I)c1Br. The molecule has 1 nitrogen and oxygen atoms in total. The Morgan fingerprint density at radius 2 is 2.25 bits per heavy atom. The summed E-state index contributed by atoms with van der Waals surface area (Å²) in [7, 11) is 0. The van der Waals surface area contributed by atoms with Crippen molar-refractivity contribution in [1.82, 2.24) is 0 Å². The molecule has 1 aromatic heterocycles. The van der Waals surface area contributed by atoms with Crippen LogP contribution in [0.2, 0.25) is 0 Å². The van der Waals surface area contributed by atoms with Gasteiger partial charge in [0, 0.05) is 19.3 Å². The van der Waals surface area contributed by atoms with E-state index in [1.165, 1.54) is 13.7 Å². The predicted molar refractivity (Wildman–Crippen MR) is 66.7 cm³/mol. The van der Waals surface area contributed by atoms with Gasteiger partial charge in [-0.15, -0.1) is 11.3 Å². The van der Waals surface area contributed by atoms with Crippen LogP contribution in [0.3, 0.4) is 0 Å². The number of thiophene rings is 1. The molecule has 2 N–H and O–H groups in total. The summed E-state index contributed by atoms with van der Waals surface area (Å²) in [6, 6.07) is 4.12. The van der Waals surface area contributed by atoms with Gasteiger partial charge >= 0.3 is 0 Å². The smallest absolute Gasteiger partial charge is 0.0545 e. The maximum absolute atomic E-state index is 5.80. The van der Waals surface area contributed by atoms with E-state index < -0.39 is 0 Å². The van der Waals surface area contributed by atoms with Crippen molar-refractivity contribution < 1.29 is 0 Å². The lowest BCUT2D eigenvalue weighted by atomic mass is 10.2. The lowest BCUT2D eigenvalue weighted by Gasteiger charge is -2.01. The summed E-state index contributed by atoms with van der Waals surface area (Å²) >= 11 is 7.48. The van der Waals surface area contributed by atoms with E-state index in [1.807, 2.05) is 6.07 Å². The number of anilines is 1. The van der Waals surface area contributed by atoms with Gasteiger partial charge < -0.3 is 5.73 Å². The fourth-order valence-corrected chi connectivity index (χ4v) is 3.20. The highest BCUT2D eigenvalue weighted by Crippen LogP contribution is 2.35. The van der Waals surface area contributed by atoms with Crippen LogP contribution in [0.25, 0.3) is 10.1 Å². The van der Waals surface area contributed by atoms with Crippen LogP contribution in [-0.4, -0.2) is 0 Å². The van der Waals surface area contributed by atoms with Crippen molar-refractivity contribution in [1.29, 1.82) is 0 Å². The summed E-state index contributed by atoms with van der Waals surface area (Å²) in [5.74, 6) is 0. The van der Waals surface area contributed by atoms with Crippen LogP contribution in [0.4, 0.5) is 5.69 Å². The van der Waals surface area contributed by atoms with Crippen molar-refractivity contribution in [3.63, 3.8) is 0 Å². The van der Waals surface area contributed by atoms with Gasteiger partial charge in [-0.3, -0.25) is 0 Å². The fraction of sp³-hybridized carbons (Fsp3) is 0. The number of hydrogen-bond donors (Lipinski definition) is 1. The molecule has 1 heterocycles. The molecule has 0 amide bonds. The average molecular weight is 354 g/mol. The molecule has 0 unspecified atom stereocenters. The molecule has 0 aliphatic carbocycles. The molecule has 0 bridgehead atoms. The van der Waals surface area contributed by atoms with E-state index in [1.54, 1.807) is 11.3 Å². The van der Waals surface area contributed by atoms with Crippen molar-refractivity contribution >= 4 is 65.6 Å². The molecule has 1 aromatic carbocycles. The number of nitrogens with two attached hydrogens (primary N) is 1. The second-order valence-corrected chi connectivity index (χ2v) is 5.25. The molecule has 0 atom stereocenters. The molecule has 0 saturated heterocycles. The van der Waals surface area contributed by atoms with Crippen LogP contribution < -0.4 is 5.73 Å². The van der Waals surface area contributed by atoms with Crippen LogP contribution in [-0.2, 0) is 0 Å². The highest BCUT2D eigenvalue weighted by Gasteiger charge is 2.07. The molecule has 12 heavy (non-hydrogen) atoms. The Labute approximate surface area is 96.2 Å². The van der Waals surface area contributed by atoms with Crippen LogP contribution in [0.5, 0.6) is 0 Å². The Kier molecular flexibility index (Phi) is 2.31. The summed E-state index contributed by atoms with van der Waals surface area (Å²) in [6.07, 6.45) is 0. The molecular weight excluding hydrogens is 349 g/mol. The molecule has 62 valence electrons. The largest absolute Gasteiger partial charge is 0.398 e. The molecule has 0 radical (unpaired) electrons. The van der Waals surface area contributed by atoms with Crippen molar-refractivity contribution in [2.75, 3.05) is 5.73 Å². The van der Waals surface area contributed by atoms with Crippen molar-refractivity contribution in [2.45, 2.75) is 0 Å². The van der Waals surface area contributed by atoms with E-state index in [0.29, 0.717) is 0 Å². The third kappa shape index (κ3) is 1.25. The zero-order valence-electron chi connectivity index (χ0n) is 5.97. The first kappa shape index (κ1) is 8.77. The maximum atomic E-state index is 5.80. The topological polar surface area (TPSA) is 26.0 Å². The minimum Gasteiger partial charge on any atom is -0.398 e. The Hall–Kier alpha value is 0.190. The van der Waals surface area contributed by atoms with Gasteiger partial charge in [0.05, 0.1) is 4.47 Å². The first-order valence-corrected chi connectivity index (χ1v) is 6.06. The second-order valence-electron chi connectivity index (χ2n) is 2.43. The summed E-state index contributed by atoms with van der Waals surface area (Å²) in [5.41, 5.74) is 6.62. The van der Waals surface area contributed by atoms with Crippen LogP contribution in [0, 0.1) is 3.57 Å². The summed E-state index contributed by atoms with van der Waals surface area (Å²) in [4.78, 5) is 0. The zero-order valence-corrected chi connectivity index (χ0v) is 10.5. The molecule has 4 heteroatoms. The van der Waals surface area contributed by atoms with Crippen LogP contribution >= 0.6 is 49.9 Å². The lowest BCUT2D eigenvalue weighted by molar-refractivity contribution is 1.67. The molecular formula is C8H5BrINS. The van der Waals surface area contributed by atoms with Gasteiger partial charge in [0.15, 0.2) is 0 Å². The molecule has 0 aliphatic rings. The average Bonchev–Trinajstić information content (AvgIpc) is 2.48. The molecule has 2 rings (SSSR count). The minimum atomic E-state index is 0.814. The third-order valence-electron chi connectivity index (χ3n) is 1.66. The van der Waals surface area contributed by atoms with Gasteiger partial charge in [0.1, 0.15) is 0 Å². The van der Waals surface area contributed by atoms with E-state index in [4.69, 9.17) is 5.73 Å².